The number of benzene rings is 1. The van der Waals surface area contributed by atoms with Crippen molar-refractivity contribution in [2.24, 2.45) is 0 Å². The van der Waals surface area contributed by atoms with Gasteiger partial charge in [-0.25, -0.2) is 0 Å². The zero-order valence-corrected chi connectivity index (χ0v) is 10.8. The molecule has 2 atom stereocenters. The normalized spacial score (nSPS) is 19.7. The SMILES string of the molecule is CCC(CC#N)NC1Cc2ccc(Cl)cc2C1. The maximum atomic E-state index is 8.74. The number of halogens is 1. The van der Waals surface area contributed by atoms with E-state index >= 15 is 0 Å². The van der Waals surface area contributed by atoms with Gasteiger partial charge in [-0.1, -0.05) is 24.6 Å². The van der Waals surface area contributed by atoms with Crippen molar-refractivity contribution in [1.82, 2.24) is 5.32 Å². The van der Waals surface area contributed by atoms with Gasteiger partial charge in [-0.2, -0.15) is 5.26 Å². The molecule has 0 bridgehead atoms. The lowest BCUT2D eigenvalue weighted by atomic mass is 10.1. The Kier molecular flexibility index (Phi) is 4.04. The van der Waals surface area contributed by atoms with E-state index in [4.69, 9.17) is 16.9 Å². The summed E-state index contributed by atoms with van der Waals surface area (Å²) in [6.45, 7) is 2.12. The second kappa shape index (κ2) is 5.53. The van der Waals surface area contributed by atoms with Gasteiger partial charge in [0.1, 0.15) is 0 Å². The lowest BCUT2D eigenvalue weighted by Gasteiger charge is -2.19. The molecular formula is C14H17ClN2. The van der Waals surface area contributed by atoms with Crippen LogP contribution < -0.4 is 5.32 Å². The van der Waals surface area contributed by atoms with E-state index in [-0.39, 0.29) is 0 Å². The fourth-order valence-corrected chi connectivity index (χ4v) is 2.66. The topological polar surface area (TPSA) is 35.8 Å². The molecule has 1 aromatic rings. The first-order valence-corrected chi connectivity index (χ1v) is 6.51. The smallest absolute Gasteiger partial charge is 0.0638 e. The molecule has 3 heteroatoms. The van der Waals surface area contributed by atoms with Gasteiger partial charge in [0.05, 0.1) is 12.5 Å². The Morgan fingerprint density at radius 1 is 1.47 bits per heavy atom. The van der Waals surface area contributed by atoms with Gasteiger partial charge in [0, 0.05) is 17.1 Å². The first kappa shape index (κ1) is 12.4. The summed E-state index contributed by atoms with van der Waals surface area (Å²) in [5, 5.41) is 13.1. The van der Waals surface area contributed by atoms with Crippen molar-refractivity contribution >= 4 is 11.6 Å². The van der Waals surface area contributed by atoms with Crippen LogP contribution in [0.5, 0.6) is 0 Å². The van der Waals surface area contributed by atoms with E-state index < -0.39 is 0 Å². The molecule has 1 aromatic carbocycles. The maximum absolute atomic E-state index is 8.74. The fourth-order valence-electron chi connectivity index (χ4n) is 2.47. The highest BCUT2D eigenvalue weighted by molar-refractivity contribution is 6.30. The van der Waals surface area contributed by atoms with Crippen LogP contribution in [0.15, 0.2) is 18.2 Å². The number of nitrogens with zero attached hydrogens (tertiary/aromatic N) is 1. The maximum Gasteiger partial charge on any atom is 0.0638 e. The van der Waals surface area contributed by atoms with Gasteiger partial charge in [0.15, 0.2) is 0 Å². The average Bonchev–Trinajstić information content (AvgIpc) is 2.69. The molecule has 0 aliphatic heterocycles. The molecule has 1 aliphatic rings. The highest BCUT2D eigenvalue weighted by atomic mass is 35.5. The third-order valence-corrected chi connectivity index (χ3v) is 3.64. The zero-order valence-electron chi connectivity index (χ0n) is 10.0. The summed E-state index contributed by atoms with van der Waals surface area (Å²) in [4.78, 5) is 0. The van der Waals surface area contributed by atoms with E-state index in [0.717, 1.165) is 24.3 Å². The van der Waals surface area contributed by atoms with Crippen LogP contribution in [0.1, 0.15) is 30.9 Å². The van der Waals surface area contributed by atoms with Crippen molar-refractivity contribution in [3.8, 4) is 6.07 Å². The zero-order chi connectivity index (χ0) is 12.3. The van der Waals surface area contributed by atoms with Crippen molar-refractivity contribution in [3.05, 3.63) is 34.3 Å². The second-order valence-corrected chi connectivity index (χ2v) is 5.09. The Bertz CT molecular complexity index is 436. The van der Waals surface area contributed by atoms with E-state index in [1.807, 2.05) is 6.07 Å². The lowest BCUT2D eigenvalue weighted by Crippen LogP contribution is -2.38. The molecular weight excluding hydrogens is 232 g/mol. The molecule has 0 heterocycles. The molecule has 2 nitrogen and oxygen atoms in total. The Hall–Kier alpha value is -1.04. The predicted molar refractivity (Wildman–Crippen MR) is 70.1 cm³/mol. The highest BCUT2D eigenvalue weighted by Crippen LogP contribution is 2.25. The first-order chi connectivity index (χ1) is 8.22. The van der Waals surface area contributed by atoms with Crippen LogP contribution >= 0.6 is 11.6 Å². The number of fused-ring (bicyclic) bond motifs is 1. The van der Waals surface area contributed by atoms with E-state index in [1.165, 1.54) is 11.1 Å². The minimum Gasteiger partial charge on any atom is -0.310 e. The van der Waals surface area contributed by atoms with Crippen LogP contribution in [0.2, 0.25) is 5.02 Å². The molecule has 2 unspecified atom stereocenters. The Morgan fingerprint density at radius 3 is 2.94 bits per heavy atom. The van der Waals surface area contributed by atoms with Crippen LogP contribution in [0.3, 0.4) is 0 Å². The fraction of sp³-hybridized carbons (Fsp3) is 0.500. The van der Waals surface area contributed by atoms with Gasteiger partial charge in [0.25, 0.3) is 0 Å². The van der Waals surface area contributed by atoms with Crippen molar-refractivity contribution < 1.29 is 0 Å². The summed E-state index contributed by atoms with van der Waals surface area (Å²) < 4.78 is 0. The summed E-state index contributed by atoms with van der Waals surface area (Å²) >= 11 is 5.99. The summed E-state index contributed by atoms with van der Waals surface area (Å²) in [7, 11) is 0. The summed E-state index contributed by atoms with van der Waals surface area (Å²) in [6.07, 6.45) is 3.66. The third kappa shape index (κ3) is 3.00. The molecule has 17 heavy (non-hydrogen) atoms. The molecule has 90 valence electrons. The van der Waals surface area contributed by atoms with E-state index in [0.29, 0.717) is 18.5 Å². The molecule has 0 aromatic heterocycles. The molecule has 0 saturated heterocycles. The van der Waals surface area contributed by atoms with Gasteiger partial charge < -0.3 is 5.32 Å². The van der Waals surface area contributed by atoms with Crippen LogP contribution in [-0.2, 0) is 12.8 Å². The quantitative estimate of drug-likeness (QED) is 0.889. The molecule has 0 amide bonds. The molecule has 0 saturated carbocycles. The Morgan fingerprint density at radius 2 is 2.24 bits per heavy atom. The number of rotatable bonds is 4. The van der Waals surface area contributed by atoms with Crippen molar-refractivity contribution in [1.29, 1.82) is 5.26 Å². The summed E-state index contributed by atoms with van der Waals surface area (Å²) in [6, 6.07) is 9.14. The molecule has 0 fully saturated rings. The van der Waals surface area contributed by atoms with Gasteiger partial charge in [0.2, 0.25) is 0 Å². The average molecular weight is 249 g/mol. The standard InChI is InChI=1S/C14H17ClN2/c1-2-13(5-6-16)17-14-8-10-3-4-12(15)7-11(10)9-14/h3-4,7,13-14,17H,2,5,8-9H2,1H3. The molecule has 0 radical (unpaired) electrons. The summed E-state index contributed by atoms with van der Waals surface area (Å²) in [5.74, 6) is 0. The minimum atomic E-state index is 0.315. The number of nitriles is 1. The predicted octanol–water partition coefficient (Wildman–Crippen LogP) is 3.09. The van der Waals surface area contributed by atoms with E-state index in [1.54, 1.807) is 0 Å². The highest BCUT2D eigenvalue weighted by Gasteiger charge is 2.23. The van der Waals surface area contributed by atoms with E-state index in [2.05, 4.69) is 30.4 Å². The van der Waals surface area contributed by atoms with Crippen LogP contribution in [0.4, 0.5) is 0 Å². The molecule has 1 aliphatic carbocycles. The van der Waals surface area contributed by atoms with Crippen LogP contribution in [0.25, 0.3) is 0 Å². The Balaban J connectivity index is 1.98. The number of nitrogens with one attached hydrogen (secondary N) is 1. The van der Waals surface area contributed by atoms with Gasteiger partial charge >= 0.3 is 0 Å². The van der Waals surface area contributed by atoms with Crippen LogP contribution in [0, 0.1) is 11.3 Å². The third-order valence-electron chi connectivity index (χ3n) is 3.40. The van der Waals surface area contributed by atoms with E-state index in [9.17, 15) is 0 Å². The molecule has 2 rings (SSSR count). The van der Waals surface area contributed by atoms with Gasteiger partial charge in [-0.3, -0.25) is 0 Å². The van der Waals surface area contributed by atoms with Gasteiger partial charge in [-0.05, 0) is 42.5 Å². The molecule has 0 spiro atoms. The minimum absolute atomic E-state index is 0.315. The first-order valence-electron chi connectivity index (χ1n) is 6.13. The molecule has 1 N–H and O–H groups in total. The lowest BCUT2D eigenvalue weighted by molar-refractivity contribution is 0.429. The number of hydrogen-bond acceptors (Lipinski definition) is 2. The number of hydrogen-bond donors (Lipinski definition) is 1. The second-order valence-electron chi connectivity index (χ2n) is 4.65. The van der Waals surface area contributed by atoms with Crippen LogP contribution in [-0.4, -0.2) is 12.1 Å². The van der Waals surface area contributed by atoms with Crippen molar-refractivity contribution in [2.75, 3.05) is 0 Å². The van der Waals surface area contributed by atoms with Crippen molar-refractivity contribution in [3.63, 3.8) is 0 Å². The largest absolute Gasteiger partial charge is 0.310 e. The Labute approximate surface area is 108 Å². The summed E-state index contributed by atoms with van der Waals surface area (Å²) in [5.41, 5.74) is 2.74. The monoisotopic (exact) mass is 248 g/mol. The van der Waals surface area contributed by atoms with Crippen molar-refractivity contribution in [2.45, 2.75) is 44.7 Å². The van der Waals surface area contributed by atoms with Gasteiger partial charge in [-0.15, -0.1) is 0 Å².